The molecule has 1 aliphatic heterocycles. The Morgan fingerprint density at radius 3 is 2.71 bits per heavy atom. The van der Waals surface area contributed by atoms with E-state index in [9.17, 15) is 4.79 Å². The first kappa shape index (κ1) is 5.27. The third-order valence-electron chi connectivity index (χ3n) is 0.489. The highest BCUT2D eigenvalue weighted by molar-refractivity contribution is 8.75. The summed E-state index contributed by atoms with van der Waals surface area (Å²) in [6, 6.07) is 0. The largest absolute Gasteiger partial charge is 0.289 e. The maximum absolute atomic E-state index is 10.3. The van der Waals surface area contributed by atoms with Crippen molar-refractivity contribution in [3.05, 3.63) is 0 Å². The fourth-order valence-electron chi connectivity index (χ4n) is 0.228. The predicted molar refractivity (Wildman–Crippen MR) is 31.3 cm³/mol. The van der Waals surface area contributed by atoms with Crippen molar-refractivity contribution in [2.45, 2.75) is 0 Å². The molecular formula is C2H4N2OS2. The molecule has 0 aromatic carbocycles. The summed E-state index contributed by atoms with van der Waals surface area (Å²) in [5.41, 5.74) is 0. The quantitative estimate of drug-likeness (QED) is 0.361. The lowest BCUT2D eigenvalue weighted by Gasteiger charge is -2.08. The molecule has 7 heavy (non-hydrogen) atoms. The van der Waals surface area contributed by atoms with E-state index < -0.39 is 0 Å². The number of rotatable bonds is 0. The van der Waals surface area contributed by atoms with Crippen LogP contribution in [0, 0.1) is 0 Å². The lowest BCUT2D eigenvalue weighted by molar-refractivity contribution is -0.118. The molecule has 0 aromatic rings. The third kappa shape index (κ3) is 1.58. The molecule has 0 bridgehead atoms. The van der Waals surface area contributed by atoms with Gasteiger partial charge >= 0.3 is 0 Å². The van der Waals surface area contributed by atoms with Crippen LogP contribution >= 0.6 is 22.0 Å². The summed E-state index contributed by atoms with van der Waals surface area (Å²) in [5, 5.41) is 0. The number of hydrogen-bond acceptors (Lipinski definition) is 4. The van der Waals surface area contributed by atoms with Crippen molar-refractivity contribution in [3.63, 3.8) is 0 Å². The molecule has 1 heterocycles. The standard InChI is InChI=1S/C2H4N2OS2/c5-2-1-3-6-7-4-2/h3H,1H2,(H,4,5). The summed E-state index contributed by atoms with van der Waals surface area (Å²) in [5.74, 6) is 0.0451. The van der Waals surface area contributed by atoms with E-state index in [-0.39, 0.29) is 5.91 Å². The Balaban J connectivity index is 2.25. The molecule has 0 spiro atoms. The summed E-state index contributed by atoms with van der Waals surface area (Å²) in [4.78, 5) is 10.3. The van der Waals surface area contributed by atoms with Crippen molar-refractivity contribution in [1.29, 1.82) is 0 Å². The maximum atomic E-state index is 10.3. The second kappa shape index (κ2) is 2.44. The summed E-state index contributed by atoms with van der Waals surface area (Å²) < 4.78 is 5.36. The van der Waals surface area contributed by atoms with Crippen LogP contribution in [0.15, 0.2) is 0 Å². The molecule has 1 fully saturated rings. The van der Waals surface area contributed by atoms with Crippen molar-refractivity contribution in [3.8, 4) is 0 Å². The van der Waals surface area contributed by atoms with E-state index in [1.807, 2.05) is 0 Å². The summed E-state index contributed by atoms with van der Waals surface area (Å²) in [6.45, 7) is 0.428. The van der Waals surface area contributed by atoms with Gasteiger partial charge in [0.1, 0.15) is 0 Å². The van der Waals surface area contributed by atoms with E-state index in [1.165, 1.54) is 22.0 Å². The Kier molecular flexibility index (Phi) is 1.84. The van der Waals surface area contributed by atoms with Gasteiger partial charge in [0.15, 0.2) is 0 Å². The predicted octanol–water partition coefficient (Wildman–Crippen LogP) is -0.0828. The molecular weight excluding hydrogens is 132 g/mol. The molecule has 1 amide bonds. The van der Waals surface area contributed by atoms with E-state index in [0.29, 0.717) is 6.54 Å². The maximum Gasteiger partial charge on any atom is 0.245 e. The minimum atomic E-state index is 0.0451. The number of carbonyl (C=O) groups excluding carboxylic acids is 1. The van der Waals surface area contributed by atoms with Crippen LogP contribution in [0.5, 0.6) is 0 Å². The third-order valence-corrected chi connectivity index (χ3v) is 2.00. The highest BCUT2D eigenvalue weighted by atomic mass is 33.1. The normalized spacial score (nSPS) is 21.4. The Hall–Kier alpha value is 0.130. The van der Waals surface area contributed by atoms with Crippen LogP contribution in [-0.2, 0) is 4.79 Å². The van der Waals surface area contributed by atoms with Gasteiger partial charge in [0.25, 0.3) is 0 Å². The van der Waals surface area contributed by atoms with E-state index >= 15 is 0 Å². The summed E-state index contributed by atoms with van der Waals surface area (Å²) in [7, 11) is 2.74. The molecule has 2 N–H and O–H groups in total. The van der Waals surface area contributed by atoms with Crippen molar-refractivity contribution >= 4 is 27.9 Å². The number of carbonyl (C=O) groups is 1. The SMILES string of the molecule is O=C1CNSSN1. The van der Waals surface area contributed by atoms with Crippen molar-refractivity contribution < 1.29 is 4.79 Å². The van der Waals surface area contributed by atoms with Crippen LogP contribution in [0.25, 0.3) is 0 Å². The van der Waals surface area contributed by atoms with Crippen LogP contribution in [0.2, 0.25) is 0 Å². The van der Waals surface area contributed by atoms with Gasteiger partial charge in [-0.2, -0.15) is 0 Å². The van der Waals surface area contributed by atoms with E-state index in [1.54, 1.807) is 0 Å². The molecule has 40 valence electrons. The lowest BCUT2D eigenvalue weighted by atomic mass is 10.7. The Morgan fingerprint density at radius 2 is 2.43 bits per heavy atom. The Bertz CT molecular complexity index is 77.8. The van der Waals surface area contributed by atoms with Gasteiger partial charge in [-0.3, -0.25) is 9.52 Å². The Labute approximate surface area is 49.3 Å². The molecule has 1 aliphatic rings. The van der Waals surface area contributed by atoms with Crippen LogP contribution in [0.1, 0.15) is 0 Å². The van der Waals surface area contributed by atoms with Gasteiger partial charge in [-0.25, -0.2) is 4.72 Å². The molecule has 1 saturated heterocycles. The van der Waals surface area contributed by atoms with Crippen LogP contribution < -0.4 is 9.44 Å². The van der Waals surface area contributed by atoms with Gasteiger partial charge in [-0.05, 0) is 0 Å². The molecule has 0 aliphatic carbocycles. The van der Waals surface area contributed by atoms with Gasteiger partial charge < -0.3 is 0 Å². The molecule has 0 radical (unpaired) electrons. The lowest BCUT2D eigenvalue weighted by Crippen LogP contribution is -2.30. The second-order valence-electron chi connectivity index (χ2n) is 1.01. The first-order valence-electron chi connectivity index (χ1n) is 1.74. The van der Waals surface area contributed by atoms with E-state index in [4.69, 9.17) is 0 Å². The average Bonchev–Trinajstić information content (AvgIpc) is 1.69. The van der Waals surface area contributed by atoms with Gasteiger partial charge in [0.2, 0.25) is 5.91 Å². The molecule has 3 nitrogen and oxygen atoms in total. The number of amides is 1. The molecule has 0 atom stereocenters. The van der Waals surface area contributed by atoms with Gasteiger partial charge in [0.05, 0.1) is 6.54 Å². The minimum absolute atomic E-state index is 0.0451. The average molecular weight is 136 g/mol. The smallest absolute Gasteiger partial charge is 0.245 e. The fourth-order valence-corrected chi connectivity index (χ4v) is 1.44. The van der Waals surface area contributed by atoms with Crippen LogP contribution in [-0.4, -0.2) is 12.5 Å². The first-order chi connectivity index (χ1) is 3.39. The fraction of sp³-hybridized carbons (Fsp3) is 0.500. The van der Waals surface area contributed by atoms with Crippen molar-refractivity contribution in [1.82, 2.24) is 9.44 Å². The zero-order chi connectivity index (χ0) is 5.11. The second-order valence-corrected chi connectivity index (χ2v) is 2.84. The van der Waals surface area contributed by atoms with Gasteiger partial charge in [-0.15, -0.1) is 0 Å². The van der Waals surface area contributed by atoms with Crippen molar-refractivity contribution in [2.24, 2.45) is 0 Å². The van der Waals surface area contributed by atoms with Crippen LogP contribution in [0.4, 0.5) is 0 Å². The molecule has 1 rings (SSSR count). The molecule has 5 heteroatoms. The molecule has 0 saturated carbocycles. The van der Waals surface area contributed by atoms with Gasteiger partial charge in [0, 0.05) is 22.0 Å². The Morgan fingerprint density at radius 1 is 1.57 bits per heavy atom. The topological polar surface area (TPSA) is 41.1 Å². The highest BCUT2D eigenvalue weighted by Gasteiger charge is 2.05. The van der Waals surface area contributed by atoms with Crippen LogP contribution in [0.3, 0.4) is 0 Å². The highest BCUT2D eigenvalue weighted by Crippen LogP contribution is 2.14. The molecule has 0 unspecified atom stereocenters. The van der Waals surface area contributed by atoms with Crippen molar-refractivity contribution in [2.75, 3.05) is 6.54 Å². The first-order valence-corrected chi connectivity index (χ1v) is 3.89. The molecule has 0 aromatic heterocycles. The van der Waals surface area contributed by atoms with E-state index in [2.05, 4.69) is 9.44 Å². The summed E-state index contributed by atoms with van der Waals surface area (Å²) in [6.07, 6.45) is 0. The van der Waals surface area contributed by atoms with Gasteiger partial charge in [-0.1, -0.05) is 0 Å². The number of hydrogen-bond donors (Lipinski definition) is 2. The monoisotopic (exact) mass is 136 g/mol. The number of nitrogens with one attached hydrogen (secondary N) is 2. The zero-order valence-electron chi connectivity index (χ0n) is 3.43. The zero-order valence-corrected chi connectivity index (χ0v) is 5.06. The summed E-state index contributed by atoms with van der Waals surface area (Å²) >= 11 is 0. The van der Waals surface area contributed by atoms with E-state index in [0.717, 1.165) is 0 Å². The minimum Gasteiger partial charge on any atom is -0.289 e.